The van der Waals surface area contributed by atoms with E-state index in [1.165, 1.54) is 0 Å². The van der Waals surface area contributed by atoms with Crippen LogP contribution < -0.4 is 0 Å². The molecule has 0 bridgehead atoms. The van der Waals surface area contributed by atoms with Gasteiger partial charge in [0, 0.05) is 24.0 Å². The van der Waals surface area contributed by atoms with Crippen molar-refractivity contribution in [1.29, 1.82) is 0 Å². The molecule has 1 aliphatic rings. The summed E-state index contributed by atoms with van der Waals surface area (Å²) in [5.41, 5.74) is 2.75. The first-order valence-corrected chi connectivity index (χ1v) is 7.02. The van der Waals surface area contributed by atoms with Crippen LogP contribution in [0.25, 0.3) is 11.0 Å². The number of aryl methyl sites for hydroxylation is 1. The molecule has 0 aliphatic carbocycles. The molecular formula is C16H17NO4. The summed E-state index contributed by atoms with van der Waals surface area (Å²) >= 11 is 0. The molecule has 2 heterocycles. The van der Waals surface area contributed by atoms with Crippen molar-refractivity contribution in [2.24, 2.45) is 5.92 Å². The van der Waals surface area contributed by atoms with Gasteiger partial charge in [-0.25, -0.2) is 0 Å². The van der Waals surface area contributed by atoms with E-state index in [4.69, 9.17) is 9.52 Å². The minimum absolute atomic E-state index is 0.0398. The van der Waals surface area contributed by atoms with E-state index in [9.17, 15) is 9.59 Å². The highest BCUT2D eigenvalue weighted by Crippen LogP contribution is 2.24. The molecule has 1 N–H and O–H groups in total. The second kappa shape index (κ2) is 5.24. The number of likely N-dealkylation sites (tertiary alicyclic amines) is 1. The van der Waals surface area contributed by atoms with Crippen molar-refractivity contribution in [2.75, 3.05) is 13.1 Å². The SMILES string of the molecule is Cc1ccc2c(CC(=O)N3CC[C@@H](C(=O)O)C3)coc2c1. The van der Waals surface area contributed by atoms with E-state index in [-0.39, 0.29) is 12.3 Å². The Morgan fingerprint density at radius 1 is 1.43 bits per heavy atom. The summed E-state index contributed by atoms with van der Waals surface area (Å²) < 4.78 is 5.49. The van der Waals surface area contributed by atoms with E-state index in [1.54, 1.807) is 11.2 Å². The number of fused-ring (bicyclic) bond motifs is 1. The third-order valence-electron chi connectivity index (χ3n) is 4.04. The van der Waals surface area contributed by atoms with E-state index in [0.29, 0.717) is 19.5 Å². The number of rotatable bonds is 3. The Hall–Kier alpha value is -2.30. The second-order valence-corrected chi connectivity index (χ2v) is 5.60. The molecule has 5 heteroatoms. The highest BCUT2D eigenvalue weighted by atomic mass is 16.4. The zero-order valence-electron chi connectivity index (χ0n) is 11.8. The van der Waals surface area contributed by atoms with Gasteiger partial charge >= 0.3 is 5.97 Å². The maximum Gasteiger partial charge on any atom is 0.308 e. The van der Waals surface area contributed by atoms with Gasteiger partial charge in [0.15, 0.2) is 0 Å². The van der Waals surface area contributed by atoms with Gasteiger partial charge in [0.2, 0.25) is 5.91 Å². The predicted molar refractivity (Wildman–Crippen MR) is 77.0 cm³/mol. The van der Waals surface area contributed by atoms with Crippen molar-refractivity contribution in [1.82, 2.24) is 4.90 Å². The molecule has 1 atom stereocenters. The quantitative estimate of drug-likeness (QED) is 0.939. The average Bonchev–Trinajstić information content (AvgIpc) is 3.06. The average molecular weight is 287 g/mol. The largest absolute Gasteiger partial charge is 0.481 e. The van der Waals surface area contributed by atoms with Crippen LogP contribution in [0.4, 0.5) is 0 Å². The van der Waals surface area contributed by atoms with Crippen LogP contribution in [0.5, 0.6) is 0 Å². The summed E-state index contributed by atoms with van der Waals surface area (Å²) in [7, 11) is 0. The molecule has 21 heavy (non-hydrogen) atoms. The van der Waals surface area contributed by atoms with Crippen LogP contribution in [-0.2, 0) is 16.0 Å². The fraction of sp³-hybridized carbons (Fsp3) is 0.375. The number of carbonyl (C=O) groups is 2. The molecule has 110 valence electrons. The van der Waals surface area contributed by atoms with Crippen LogP contribution in [0, 0.1) is 12.8 Å². The maximum atomic E-state index is 12.3. The van der Waals surface area contributed by atoms with Crippen molar-refractivity contribution in [3.8, 4) is 0 Å². The lowest BCUT2D eigenvalue weighted by molar-refractivity contribution is -0.141. The molecule has 2 aromatic rings. The number of amides is 1. The van der Waals surface area contributed by atoms with Crippen molar-refractivity contribution in [3.05, 3.63) is 35.6 Å². The minimum atomic E-state index is -0.825. The topological polar surface area (TPSA) is 70.8 Å². The van der Waals surface area contributed by atoms with Crippen LogP contribution in [0.1, 0.15) is 17.5 Å². The molecule has 1 amide bonds. The number of nitrogens with zero attached hydrogens (tertiary/aromatic N) is 1. The van der Waals surface area contributed by atoms with Gasteiger partial charge in [-0.3, -0.25) is 9.59 Å². The Kier molecular flexibility index (Phi) is 3.41. The van der Waals surface area contributed by atoms with Gasteiger partial charge in [-0.05, 0) is 25.0 Å². The molecule has 1 saturated heterocycles. The molecule has 5 nitrogen and oxygen atoms in total. The van der Waals surface area contributed by atoms with Crippen LogP contribution in [0.2, 0.25) is 0 Å². The lowest BCUT2D eigenvalue weighted by Gasteiger charge is -2.15. The lowest BCUT2D eigenvalue weighted by Crippen LogP contribution is -2.31. The van der Waals surface area contributed by atoms with E-state index >= 15 is 0 Å². The van der Waals surface area contributed by atoms with Crippen LogP contribution in [0.15, 0.2) is 28.9 Å². The Balaban J connectivity index is 1.74. The van der Waals surface area contributed by atoms with Gasteiger partial charge in [-0.2, -0.15) is 0 Å². The van der Waals surface area contributed by atoms with Gasteiger partial charge in [-0.1, -0.05) is 12.1 Å². The number of carbonyl (C=O) groups excluding carboxylic acids is 1. The number of hydrogen-bond donors (Lipinski definition) is 1. The van der Waals surface area contributed by atoms with E-state index < -0.39 is 11.9 Å². The molecule has 0 radical (unpaired) electrons. The van der Waals surface area contributed by atoms with Gasteiger partial charge in [0.25, 0.3) is 0 Å². The molecular weight excluding hydrogens is 270 g/mol. The molecule has 1 fully saturated rings. The van der Waals surface area contributed by atoms with Crippen LogP contribution in [-0.4, -0.2) is 35.0 Å². The standard InChI is InChI=1S/C16H17NO4/c1-10-2-3-13-12(9-21-14(13)6-10)7-15(18)17-5-4-11(8-17)16(19)20/h2-3,6,9,11H,4-5,7-8H2,1H3,(H,19,20)/t11-/m1/s1. The van der Waals surface area contributed by atoms with Crippen molar-refractivity contribution < 1.29 is 19.1 Å². The Labute approximate surface area is 122 Å². The van der Waals surface area contributed by atoms with E-state index in [0.717, 1.165) is 22.1 Å². The van der Waals surface area contributed by atoms with Crippen molar-refractivity contribution in [3.63, 3.8) is 0 Å². The summed E-state index contributed by atoms with van der Waals surface area (Å²) in [6.45, 7) is 2.82. The third-order valence-corrected chi connectivity index (χ3v) is 4.04. The molecule has 1 aromatic heterocycles. The van der Waals surface area contributed by atoms with Gasteiger partial charge in [-0.15, -0.1) is 0 Å². The van der Waals surface area contributed by atoms with E-state index in [2.05, 4.69) is 0 Å². The second-order valence-electron chi connectivity index (χ2n) is 5.60. The third kappa shape index (κ3) is 2.63. The van der Waals surface area contributed by atoms with Crippen LogP contribution in [0.3, 0.4) is 0 Å². The van der Waals surface area contributed by atoms with Gasteiger partial charge < -0.3 is 14.4 Å². The molecule has 3 rings (SSSR count). The first-order valence-electron chi connectivity index (χ1n) is 7.02. The summed E-state index contributed by atoms with van der Waals surface area (Å²) in [6.07, 6.45) is 2.40. The highest BCUT2D eigenvalue weighted by Gasteiger charge is 2.30. The summed E-state index contributed by atoms with van der Waals surface area (Å²) in [6, 6.07) is 5.89. The lowest BCUT2D eigenvalue weighted by atomic mass is 10.1. The normalized spacial score (nSPS) is 18.3. The maximum absolute atomic E-state index is 12.3. The first kappa shape index (κ1) is 13.7. The predicted octanol–water partition coefficient (Wildman–Crippen LogP) is 2.22. The van der Waals surface area contributed by atoms with Crippen molar-refractivity contribution in [2.45, 2.75) is 19.8 Å². The zero-order valence-corrected chi connectivity index (χ0v) is 11.8. The van der Waals surface area contributed by atoms with Crippen LogP contribution >= 0.6 is 0 Å². The number of carboxylic acids is 1. The van der Waals surface area contributed by atoms with E-state index in [1.807, 2.05) is 25.1 Å². The molecule has 0 spiro atoms. The Morgan fingerprint density at radius 3 is 2.95 bits per heavy atom. The number of aliphatic carboxylic acids is 1. The fourth-order valence-electron chi connectivity index (χ4n) is 2.79. The Morgan fingerprint density at radius 2 is 2.24 bits per heavy atom. The summed E-state index contributed by atoms with van der Waals surface area (Å²) in [4.78, 5) is 24.9. The number of furan rings is 1. The Bertz CT molecular complexity index is 703. The summed E-state index contributed by atoms with van der Waals surface area (Å²) in [5.74, 6) is -1.30. The summed E-state index contributed by atoms with van der Waals surface area (Å²) in [5, 5.41) is 9.93. The molecule has 1 aromatic carbocycles. The highest BCUT2D eigenvalue weighted by molar-refractivity contribution is 5.88. The number of carboxylic acid groups (broad SMARTS) is 1. The van der Waals surface area contributed by atoms with Gasteiger partial charge in [0.1, 0.15) is 5.58 Å². The van der Waals surface area contributed by atoms with Crippen molar-refractivity contribution >= 4 is 22.8 Å². The number of hydrogen-bond acceptors (Lipinski definition) is 3. The minimum Gasteiger partial charge on any atom is -0.481 e. The molecule has 0 unspecified atom stereocenters. The molecule has 1 aliphatic heterocycles. The smallest absolute Gasteiger partial charge is 0.308 e. The molecule has 0 saturated carbocycles. The number of benzene rings is 1. The van der Waals surface area contributed by atoms with Gasteiger partial charge in [0.05, 0.1) is 18.6 Å². The fourth-order valence-corrected chi connectivity index (χ4v) is 2.79. The zero-order chi connectivity index (χ0) is 15.0. The first-order chi connectivity index (χ1) is 10.0. The monoisotopic (exact) mass is 287 g/mol.